The summed E-state index contributed by atoms with van der Waals surface area (Å²) in [5.41, 5.74) is 2.19. The van der Waals surface area contributed by atoms with Crippen LogP contribution < -0.4 is 4.74 Å². The van der Waals surface area contributed by atoms with Gasteiger partial charge in [0.2, 0.25) is 5.88 Å². The number of hydrogen-bond donors (Lipinski definition) is 4. The Hall–Kier alpha value is -6.39. The van der Waals surface area contributed by atoms with Gasteiger partial charge in [0.1, 0.15) is 17.1 Å². The summed E-state index contributed by atoms with van der Waals surface area (Å²) in [6.45, 7) is 12.8. The van der Waals surface area contributed by atoms with Crippen molar-refractivity contribution in [3.05, 3.63) is 120 Å². The Bertz CT molecular complexity index is 1940. The van der Waals surface area contributed by atoms with Gasteiger partial charge in [-0.1, -0.05) is 60.7 Å². The minimum absolute atomic E-state index is 0.0489. The van der Waals surface area contributed by atoms with E-state index >= 15 is 0 Å². The van der Waals surface area contributed by atoms with Crippen molar-refractivity contribution >= 4 is 35.5 Å². The monoisotopic (exact) mass is 816 g/mol. The molecule has 0 radical (unpaired) electrons. The molecule has 0 saturated carbocycles. The van der Waals surface area contributed by atoms with Gasteiger partial charge in [0.15, 0.2) is 5.65 Å². The number of fused-ring (bicyclic) bond motifs is 1. The fraction of sp³-hybridized carbons (Fsp3) is 0.372. The predicted molar refractivity (Wildman–Crippen MR) is 216 cm³/mol. The number of benzene rings is 2. The van der Waals surface area contributed by atoms with Crippen LogP contribution in [0, 0.1) is 0 Å². The maximum Gasteiger partial charge on any atom is 0.328 e. The van der Waals surface area contributed by atoms with Gasteiger partial charge in [-0.25, -0.2) is 28.7 Å². The molecule has 4 N–H and O–H groups in total. The lowest BCUT2D eigenvalue weighted by molar-refractivity contribution is -0.161. The molecule has 16 heteroatoms. The molecule has 1 aliphatic rings. The summed E-state index contributed by atoms with van der Waals surface area (Å²) in [5, 5.41) is 35.8. The molecule has 1 saturated heterocycles. The first-order chi connectivity index (χ1) is 27.8. The predicted octanol–water partition coefficient (Wildman–Crippen LogP) is 5.81. The second-order valence-electron chi connectivity index (χ2n) is 14.8. The third-order valence-corrected chi connectivity index (χ3v) is 8.52. The Labute approximate surface area is 342 Å². The number of hydrogen-bond acceptors (Lipinski definition) is 11. The van der Waals surface area contributed by atoms with E-state index < -0.39 is 34.9 Å². The molecule has 2 aromatic carbocycles. The van der Waals surface area contributed by atoms with E-state index in [0.717, 1.165) is 38.9 Å². The summed E-state index contributed by atoms with van der Waals surface area (Å²) in [7, 11) is 0. The van der Waals surface area contributed by atoms with E-state index in [9.17, 15) is 24.0 Å². The summed E-state index contributed by atoms with van der Waals surface area (Å²) in [6, 6.07) is 24.7. The third-order valence-electron chi connectivity index (χ3n) is 8.52. The number of rotatable bonds is 15. The topological polar surface area (TPSA) is 227 Å². The quantitative estimate of drug-likeness (QED) is 0.0631. The number of likely N-dealkylation sites (tertiary alicyclic amines) is 1. The van der Waals surface area contributed by atoms with Crippen molar-refractivity contribution in [1.82, 2.24) is 19.5 Å². The average molecular weight is 817 g/mol. The van der Waals surface area contributed by atoms with Gasteiger partial charge in [0, 0.05) is 50.0 Å². The third kappa shape index (κ3) is 16.9. The Morgan fingerprint density at radius 1 is 0.746 bits per heavy atom. The van der Waals surface area contributed by atoms with Gasteiger partial charge >= 0.3 is 29.8 Å². The van der Waals surface area contributed by atoms with Crippen LogP contribution >= 0.6 is 0 Å². The molecule has 1 aliphatic heterocycles. The number of aromatic nitrogens is 3. The SMILES string of the molecule is CC(C)(C)OC(=O)C(C)(C)c1cn2nc(OCCCN3CCC(OC(c4ccccc4)c4ccccc4)CC3)ccc2n1.O=C(O)C=CC(=O)O.O=C(O)C=CC(=O)O. The van der Waals surface area contributed by atoms with Crippen molar-refractivity contribution in [2.75, 3.05) is 26.2 Å². The zero-order valence-electron chi connectivity index (χ0n) is 33.8. The number of piperidine rings is 1. The maximum absolute atomic E-state index is 12.8. The van der Waals surface area contributed by atoms with Crippen molar-refractivity contribution < 1.29 is 58.6 Å². The van der Waals surface area contributed by atoms with Gasteiger partial charge in [-0.05, 0) is 71.1 Å². The fourth-order valence-electron chi connectivity index (χ4n) is 5.57. The van der Waals surface area contributed by atoms with Crippen molar-refractivity contribution in [3.8, 4) is 5.88 Å². The van der Waals surface area contributed by atoms with Gasteiger partial charge in [-0.15, -0.1) is 5.10 Å². The lowest BCUT2D eigenvalue weighted by atomic mass is 9.90. The first kappa shape index (κ1) is 47.0. The van der Waals surface area contributed by atoms with Crippen LogP contribution in [0.3, 0.4) is 0 Å². The molecule has 0 spiro atoms. The number of ether oxygens (including phenoxy) is 3. The van der Waals surface area contributed by atoms with Crippen LogP contribution in [-0.4, -0.2) is 108 Å². The molecule has 316 valence electrons. The number of carbonyl (C=O) groups is 5. The lowest BCUT2D eigenvalue weighted by Gasteiger charge is -2.34. The van der Waals surface area contributed by atoms with Crippen molar-refractivity contribution in [1.29, 1.82) is 0 Å². The molecule has 59 heavy (non-hydrogen) atoms. The lowest BCUT2D eigenvalue weighted by Crippen LogP contribution is -2.38. The molecule has 0 atom stereocenters. The minimum atomic E-state index is -1.26. The van der Waals surface area contributed by atoms with Gasteiger partial charge in [-0.2, -0.15) is 0 Å². The van der Waals surface area contributed by atoms with Crippen LogP contribution in [0.2, 0.25) is 0 Å². The van der Waals surface area contributed by atoms with E-state index in [0.29, 0.717) is 48.1 Å². The Morgan fingerprint density at radius 2 is 1.24 bits per heavy atom. The van der Waals surface area contributed by atoms with Crippen LogP contribution in [0.25, 0.3) is 5.65 Å². The number of carboxylic acid groups (broad SMARTS) is 4. The Kier molecular flexibility index (Phi) is 17.9. The highest BCUT2D eigenvalue weighted by Gasteiger charge is 2.37. The summed E-state index contributed by atoms with van der Waals surface area (Å²) in [4.78, 5) is 58.1. The van der Waals surface area contributed by atoms with Crippen LogP contribution in [0.15, 0.2) is 103 Å². The van der Waals surface area contributed by atoms with Gasteiger partial charge in [0.05, 0.1) is 24.6 Å². The zero-order chi connectivity index (χ0) is 43.6. The highest BCUT2D eigenvalue weighted by molar-refractivity contribution is 5.90. The summed E-state index contributed by atoms with van der Waals surface area (Å²) in [5.74, 6) is -4.81. The molecule has 0 aliphatic carbocycles. The zero-order valence-corrected chi connectivity index (χ0v) is 33.8. The number of carbonyl (C=O) groups excluding carboxylic acids is 1. The average Bonchev–Trinajstić information content (AvgIpc) is 3.63. The molecule has 1 fully saturated rings. The van der Waals surface area contributed by atoms with E-state index in [1.807, 2.05) is 58.9 Å². The minimum Gasteiger partial charge on any atom is -0.478 e. The Morgan fingerprint density at radius 3 is 1.69 bits per heavy atom. The number of carboxylic acids is 4. The second kappa shape index (κ2) is 22.5. The van der Waals surface area contributed by atoms with Crippen LogP contribution in [0.1, 0.15) is 76.8 Å². The van der Waals surface area contributed by atoms with Gasteiger partial charge in [0.25, 0.3) is 0 Å². The largest absolute Gasteiger partial charge is 0.478 e. The van der Waals surface area contributed by atoms with Gasteiger partial charge in [-0.3, -0.25) is 4.79 Å². The number of nitrogens with zero attached hydrogens (tertiary/aromatic N) is 4. The van der Waals surface area contributed by atoms with Gasteiger partial charge < -0.3 is 39.5 Å². The second-order valence-corrected chi connectivity index (χ2v) is 14.8. The van der Waals surface area contributed by atoms with E-state index in [4.69, 9.17) is 34.6 Å². The normalized spacial score (nSPS) is 13.7. The van der Waals surface area contributed by atoms with E-state index in [-0.39, 0.29) is 18.2 Å². The number of esters is 1. The van der Waals surface area contributed by atoms with Crippen LogP contribution in [0.5, 0.6) is 5.88 Å². The summed E-state index contributed by atoms with van der Waals surface area (Å²) < 4.78 is 20.0. The van der Waals surface area contributed by atoms with Crippen molar-refractivity contribution in [2.24, 2.45) is 0 Å². The molecule has 0 bridgehead atoms. The van der Waals surface area contributed by atoms with E-state index in [1.165, 1.54) is 11.1 Å². The first-order valence-electron chi connectivity index (χ1n) is 18.8. The summed E-state index contributed by atoms with van der Waals surface area (Å²) >= 11 is 0. The van der Waals surface area contributed by atoms with E-state index in [1.54, 1.807) is 10.7 Å². The fourth-order valence-corrected chi connectivity index (χ4v) is 5.57. The number of aliphatic carboxylic acids is 4. The van der Waals surface area contributed by atoms with Crippen molar-refractivity contribution in [3.63, 3.8) is 0 Å². The number of imidazole rings is 1. The van der Waals surface area contributed by atoms with E-state index in [2.05, 4.69) is 63.5 Å². The molecule has 4 aromatic rings. The highest BCUT2D eigenvalue weighted by atomic mass is 16.6. The standard InChI is InChI=1S/C35H44N4O4.2C4H4O4/c1-34(2,3)43-33(40)35(4,5)29-25-39-30(36-29)17-18-31(37-39)41-24-12-21-38-22-19-28(20-23-38)42-32(26-13-8-6-9-14-26)27-15-10-7-11-16-27;2*5-3(6)1-2-4(7)8/h6-11,13-18,25,28,32H,12,19-24H2,1-5H3;2*1-2H,(H,5,6)(H,7,8). The molecule has 3 heterocycles. The molecule has 0 unspecified atom stereocenters. The molecule has 0 amide bonds. The van der Waals surface area contributed by atoms with Crippen LogP contribution in [0.4, 0.5) is 0 Å². The maximum atomic E-state index is 12.8. The molecular weight excluding hydrogens is 764 g/mol. The molecule has 16 nitrogen and oxygen atoms in total. The Balaban J connectivity index is 0.000000490. The highest BCUT2D eigenvalue weighted by Crippen LogP contribution is 2.30. The molecule has 5 rings (SSSR count). The molecular formula is C43H52N4O12. The smallest absolute Gasteiger partial charge is 0.328 e. The first-order valence-corrected chi connectivity index (χ1v) is 18.8. The summed E-state index contributed by atoms with van der Waals surface area (Å²) in [6.07, 6.45) is 7.12. The van der Waals surface area contributed by atoms with Crippen LogP contribution in [-0.2, 0) is 38.9 Å². The molecule has 2 aromatic heterocycles. The van der Waals surface area contributed by atoms with Crippen molar-refractivity contribution in [2.45, 2.75) is 77.1 Å².